The molecule has 3 aromatic rings. The number of nitrogens with zero attached hydrogens (tertiary/aromatic N) is 3. The van der Waals surface area contributed by atoms with Gasteiger partial charge in [0.05, 0.1) is 12.0 Å². The summed E-state index contributed by atoms with van der Waals surface area (Å²) in [7, 11) is 1.77. The fraction of sp³-hybridized carbons (Fsp3) is 0.222. The third-order valence-electron chi connectivity index (χ3n) is 3.63. The molecule has 2 N–H and O–H groups in total. The van der Waals surface area contributed by atoms with Crippen molar-refractivity contribution in [2.75, 3.05) is 13.6 Å². The van der Waals surface area contributed by atoms with Crippen LogP contribution in [0.5, 0.6) is 0 Å². The summed E-state index contributed by atoms with van der Waals surface area (Å²) >= 11 is 0. The molecule has 1 aromatic carbocycles. The van der Waals surface area contributed by atoms with E-state index < -0.39 is 0 Å². The molecule has 2 aromatic heterocycles. The number of guanidine groups is 1. The van der Waals surface area contributed by atoms with Gasteiger partial charge in [0.2, 0.25) is 0 Å². The molecule has 132 valence electrons. The summed E-state index contributed by atoms with van der Waals surface area (Å²) in [6.07, 6.45) is 6.22. The smallest absolute Gasteiger partial charge is 0.191 e. The zero-order chi connectivity index (χ0) is 16.6. The summed E-state index contributed by atoms with van der Waals surface area (Å²) in [4.78, 5) is 4.23. The van der Waals surface area contributed by atoms with E-state index in [1.165, 1.54) is 5.56 Å². The molecule has 0 aliphatic carbocycles. The van der Waals surface area contributed by atoms with Gasteiger partial charge in [0.15, 0.2) is 5.96 Å². The molecule has 0 fully saturated rings. The molecule has 7 heteroatoms. The van der Waals surface area contributed by atoms with Gasteiger partial charge in [0.25, 0.3) is 0 Å². The van der Waals surface area contributed by atoms with Crippen LogP contribution in [0.1, 0.15) is 11.3 Å². The highest BCUT2D eigenvalue weighted by Crippen LogP contribution is 2.08. The second kappa shape index (κ2) is 9.87. The standard InChI is InChI=1S/C18H21N5O.HI/c1-19-18(20-11-9-17-4-2-13-24-17)21-14-15-5-7-16(8-6-15)23-12-3-10-22-23;/h2-8,10,12-13H,9,11,14H2,1H3,(H2,19,20,21);1H. The topological polar surface area (TPSA) is 67.4 Å². The Hall–Kier alpha value is -2.29. The van der Waals surface area contributed by atoms with Crippen LogP contribution in [0, 0.1) is 0 Å². The van der Waals surface area contributed by atoms with Crippen LogP contribution >= 0.6 is 24.0 Å². The van der Waals surface area contributed by atoms with Crippen LogP contribution in [-0.4, -0.2) is 29.3 Å². The van der Waals surface area contributed by atoms with Gasteiger partial charge >= 0.3 is 0 Å². The van der Waals surface area contributed by atoms with E-state index in [1.807, 2.05) is 29.1 Å². The maximum absolute atomic E-state index is 5.31. The predicted octanol–water partition coefficient (Wildman–Crippen LogP) is 2.99. The number of rotatable bonds is 6. The Kier molecular flexibility index (Phi) is 7.52. The normalized spacial score (nSPS) is 11.0. The SMILES string of the molecule is CN=C(NCCc1ccco1)NCc1ccc(-n2cccn2)cc1.I. The third-order valence-corrected chi connectivity index (χ3v) is 3.63. The summed E-state index contributed by atoms with van der Waals surface area (Å²) in [5.74, 6) is 1.74. The van der Waals surface area contributed by atoms with Gasteiger partial charge in [-0.2, -0.15) is 5.10 Å². The first kappa shape index (κ1) is 19.0. The fourth-order valence-corrected chi connectivity index (χ4v) is 2.35. The van der Waals surface area contributed by atoms with Gasteiger partial charge in [0.1, 0.15) is 5.76 Å². The minimum Gasteiger partial charge on any atom is -0.469 e. The molecule has 0 spiro atoms. The van der Waals surface area contributed by atoms with Crippen LogP contribution in [0.25, 0.3) is 5.69 Å². The van der Waals surface area contributed by atoms with E-state index in [0.29, 0.717) is 6.54 Å². The van der Waals surface area contributed by atoms with Crippen LogP contribution in [0.3, 0.4) is 0 Å². The minimum atomic E-state index is 0. The molecular weight excluding hydrogens is 429 g/mol. The number of hydrogen-bond acceptors (Lipinski definition) is 3. The quantitative estimate of drug-likeness (QED) is 0.344. The lowest BCUT2D eigenvalue weighted by Crippen LogP contribution is -2.37. The number of aliphatic imine (C=N–C) groups is 1. The number of furan rings is 1. The van der Waals surface area contributed by atoms with E-state index in [-0.39, 0.29) is 24.0 Å². The van der Waals surface area contributed by atoms with E-state index in [9.17, 15) is 0 Å². The second-order valence-corrected chi connectivity index (χ2v) is 5.30. The van der Waals surface area contributed by atoms with E-state index in [4.69, 9.17) is 4.42 Å². The first-order valence-electron chi connectivity index (χ1n) is 7.91. The Morgan fingerprint density at radius 2 is 2.00 bits per heavy atom. The molecule has 2 heterocycles. The molecular formula is C18H22IN5O. The molecule has 0 atom stereocenters. The molecule has 0 bridgehead atoms. The zero-order valence-corrected chi connectivity index (χ0v) is 16.4. The van der Waals surface area contributed by atoms with Crippen molar-refractivity contribution in [2.45, 2.75) is 13.0 Å². The number of hydrogen-bond donors (Lipinski definition) is 2. The number of benzene rings is 1. The van der Waals surface area contributed by atoms with Gasteiger partial charge in [-0.3, -0.25) is 4.99 Å². The number of halogens is 1. The van der Waals surface area contributed by atoms with Crippen molar-refractivity contribution < 1.29 is 4.42 Å². The van der Waals surface area contributed by atoms with Gasteiger partial charge in [-0.1, -0.05) is 12.1 Å². The van der Waals surface area contributed by atoms with Crippen molar-refractivity contribution in [2.24, 2.45) is 4.99 Å². The van der Waals surface area contributed by atoms with Crippen LogP contribution in [0.15, 0.2) is 70.5 Å². The molecule has 0 aliphatic heterocycles. The van der Waals surface area contributed by atoms with Crippen molar-refractivity contribution in [1.82, 2.24) is 20.4 Å². The van der Waals surface area contributed by atoms with E-state index in [0.717, 1.165) is 30.4 Å². The molecule has 0 aliphatic rings. The lowest BCUT2D eigenvalue weighted by atomic mass is 10.2. The van der Waals surface area contributed by atoms with Gasteiger partial charge in [-0.05, 0) is 35.9 Å². The molecule has 0 unspecified atom stereocenters. The van der Waals surface area contributed by atoms with Crippen LogP contribution in [-0.2, 0) is 13.0 Å². The Bertz CT molecular complexity index is 751. The van der Waals surface area contributed by atoms with E-state index in [1.54, 1.807) is 19.5 Å². The number of nitrogens with one attached hydrogen (secondary N) is 2. The Labute approximate surface area is 164 Å². The minimum absolute atomic E-state index is 0. The third kappa shape index (κ3) is 5.63. The van der Waals surface area contributed by atoms with Crippen molar-refractivity contribution in [3.05, 3.63) is 72.4 Å². The lowest BCUT2D eigenvalue weighted by molar-refractivity contribution is 0.507. The first-order valence-corrected chi connectivity index (χ1v) is 7.91. The Morgan fingerprint density at radius 3 is 2.64 bits per heavy atom. The molecule has 0 saturated carbocycles. The maximum atomic E-state index is 5.31. The van der Waals surface area contributed by atoms with Crippen LogP contribution in [0.4, 0.5) is 0 Å². The lowest BCUT2D eigenvalue weighted by Gasteiger charge is -2.12. The molecule has 6 nitrogen and oxygen atoms in total. The summed E-state index contributed by atoms with van der Waals surface area (Å²) in [6.45, 7) is 1.48. The van der Waals surface area contributed by atoms with Crippen molar-refractivity contribution in [3.8, 4) is 5.69 Å². The molecule has 0 saturated heterocycles. The van der Waals surface area contributed by atoms with Gasteiger partial charge in [-0.25, -0.2) is 4.68 Å². The summed E-state index contributed by atoms with van der Waals surface area (Å²) in [5, 5.41) is 10.8. The van der Waals surface area contributed by atoms with Crippen LogP contribution < -0.4 is 10.6 Å². The van der Waals surface area contributed by atoms with Crippen molar-refractivity contribution in [3.63, 3.8) is 0 Å². The average Bonchev–Trinajstić information content (AvgIpc) is 3.32. The highest BCUT2D eigenvalue weighted by Gasteiger charge is 2.01. The number of aromatic nitrogens is 2. The maximum Gasteiger partial charge on any atom is 0.191 e. The van der Waals surface area contributed by atoms with Gasteiger partial charge < -0.3 is 15.1 Å². The van der Waals surface area contributed by atoms with E-state index >= 15 is 0 Å². The summed E-state index contributed by atoms with van der Waals surface area (Å²) in [6, 6.07) is 14.1. The van der Waals surface area contributed by atoms with E-state index in [2.05, 4.69) is 45.0 Å². The first-order chi connectivity index (χ1) is 11.8. The van der Waals surface area contributed by atoms with Gasteiger partial charge in [0, 0.05) is 39.0 Å². The average molecular weight is 451 g/mol. The monoisotopic (exact) mass is 451 g/mol. The Balaban J connectivity index is 0.00000225. The highest BCUT2D eigenvalue weighted by molar-refractivity contribution is 14.0. The van der Waals surface area contributed by atoms with Crippen molar-refractivity contribution in [1.29, 1.82) is 0 Å². The van der Waals surface area contributed by atoms with Crippen LogP contribution in [0.2, 0.25) is 0 Å². The zero-order valence-electron chi connectivity index (χ0n) is 14.1. The molecule has 0 amide bonds. The van der Waals surface area contributed by atoms with Gasteiger partial charge in [-0.15, -0.1) is 24.0 Å². The van der Waals surface area contributed by atoms with Crippen molar-refractivity contribution >= 4 is 29.9 Å². The summed E-state index contributed by atoms with van der Waals surface area (Å²) < 4.78 is 7.15. The second-order valence-electron chi connectivity index (χ2n) is 5.30. The largest absolute Gasteiger partial charge is 0.469 e. The predicted molar refractivity (Wildman–Crippen MR) is 110 cm³/mol. The molecule has 3 rings (SSSR count). The highest BCUT2D eigenvalue weighted by atomic mass is 127. The summed E-state index contributed by atoms with van der Waals surface area (Å²) in [5.41, 5.74) is 2.23. The molecule has 25 heavy (non-hydrogen) atoms. The Morgan fingerprint density at radius 1 is 1.16 bits per heavy atom. The fourth-order valence-electron chi connectivity index (χ4n) is 2.35. The molecule has 0 radical (unpaired) electrons.